The molecule has 0 radical (unpaired) electrons. The molecule has 5 heteroatoms. The number of carbonyl (C=O) groups excluding carboxylic acids is 1. The van der Waals surface area contributed by atoms with Gasteiger partial charge in [0.05, 0.1) is 0 Å². The van der Waals surface area contributed by atoms with E-state index >= 15 is 0 Å². The first-order chi connectivity index (χ1) is 8.45. The summed E-state index contributed by atoms with van der Waals surface area (Å²) in [4.78, 5) is 13.1. The number of nitrogens with two attached hydrogens (primary N) is 1. The van der Waals surface area contributed by atoms with Crippen molar-refractivity contribution in [3.8, 4) is 5.75 Å². The average Bonchev–Trinajstić information content (AvgIpc) is 2.31. The molecule has 18 heavy (non-hydrogen) atoms. The van der Waals surface area contributed by atoms with E-state index in [0.29, 0.717) is 24.3 Å². The zero-order valence-corrected chi connectivity index (χ0v) is 10.9. The minimum absolute atomic E-state index is 0.141. The Kier molecular flexibility index (Phi) is 5.09. The maximum Gasteiger partial charge on any atom is 0.262 e. The van der Waals surface area contributed by atoms with E-state index in [1.807, 2.05) is 0 Å². The SMILES string of the molecule is CC(Oc1ccc(F)cc1CCN)C(=O)N(C)C. The second-order valence-electron chi connectivity index (χ2n) is 4.28. The first-order valence-electron chi connectivity index (χ1n) is 5.82. The van der Waals surface area contributed by atoms with Gasteiger partial charge in [-0.1, -0.05) is 0 Å². The fraction of sp³-hybridized carbons (Fsp3) is 0.462. The van der Waals surface area contributed by atoms with Crippen LogP contribution in [0.15, 0.2) is 18.2 Å². The number of ether oxygens (including phenoxy) is 1. The minimum Gasteiger partial charge on any atom is -0.481 e. The highest BCUT2D eigenvalue weighted by Crippen LogP contribution is 2.21. The highest BCUT2D eigenvalue weighted by Gasteiger charge is 2.18. The maximum atomic E-state index is 13.1. The van der Waals surface area contributed by atoms with E-state index in [4.69, 9.17) is 10.5 Å². The Morgan fingerprint density at radius 3 is 2.72 bits per heavy atom. The third kappa shape index (κ3) is 3.70. The van der Waals surface area contributed by atoms with Crippen LogP contribution in [0.5, 0.6) is 5.75 Å². The number of benzene rings is 1. The van der Waals surface area contributed by atoms with E-state index in [1.165, 1.54) is 23.1 Å². The quantitative estimate of drug-likeness (QED) is 0.858. The van der Waals surface area contributed by atoms with Crippen LogP contribution >= 0.6 is 0 Å². The second kappa shape index (κ2) is 6.35. The van der Waals surface area contributed by atoms with Crippen LogP contribution in [0.1, 0.15) is 12.5 Å². The molecule has 1 unspecified atom stereocenters. The van der Waals surface area contributed by atoms with E-state index < -0.39 is 6.10 Å². The van der Waals surface area contributed by atoms with Gasteiger partial charge in [-0.3, -0.25) is 4.79 Å². The lowest BCUT2D eigenvalue weighted by molar-refractivity contribution is -0.135. The topological polar surface area (TPSA) is 55.6 Å². The highest BCUT2D eigenvalue weighted by molar-refractivity contribution is 5.80. The third-order valence-electron chi connectivity index (χ3n) is 2.53. The van der Waals surface area contributed by atoms with Crippen molar-refractivity contribution in [2.45, 2.75) is 19.4 Å². The Morgan fingerprint density at radius 2 is 2.17 bits per heavy atom. The van der Waals surface area contributed by atoms with E-state index in [-0.39, 0.29) is 11.7 Å². The van der Waals surface area contributed by atoms with Gasteiger partial charge in [-0.2, -0.15) is 0 Å². The fourth-order valence-electron chi connectivity index (χ4n) is 1.62. The summed E-state index contributed by atoms with van der Waals surface area (Å²) in [6, 6.07) is 4.22. The first-order valence-corrected chi connectivity index (χ1v) is 5.82. The number of amides is 1. The predicted molar refractivity (Wildman–Crippen MR) is 67.9 cm³/mol. The van der Waals surface area contributed by atoms with Gasteiger partial charge in [-0.25, -0.2) is 4.39 Å². The first kappa shape index (κ1) is 14.4. The molecule has 100 valence electrons. The van der Waals surface area contributed by atoms with Crippen LogP contribution in [0, 0.1) is 5.82 Å². The molecule has 1 rings (SSSR count). The summed E-state index contributed by atoms with van der Waals surface area (Å²) >= 11 is 0. The molecule has 2 N–H and O–H groups in total. The van der Waals surface area contributed by atoms with E-state index in [9.17, 15) is 9.18 Å². The molecule has 4 nitrogen and oxygen atoms in total. The van der Waals surface area contributed by atoms with Gasteiger partial charge in [-0.15, -0.1) is 0 Å². The third-order valence-corrected chi connectivity index (χ3v) is 2.53. The Balaban J connectivity index is 2.86. The molecule has 0 aromatic heterocycles. The summed E-state index contributed by atoms with van der Waals surface area (Å²) in [5.41, 5.74) is 6.14. The summed E-state index contributed by atoms with van der Waals surface area (Å²) in [5.74, 6) is 0.0277. The lowest BCUT2D eigenvalue weighted by Crippen LogP contribution is -2.35. The van der Waals surface area contributed by atoms with Crippen molar-refractivity contribution in [3.63, 3.8) is 0 Å². The van der Waals surface area contributed by atoms with Gasteiger partial charge in [0.2, 0.25) is 0 Å². The molecule has 0 heterocycles. The Labute approximate surface area is 107 Å². The Bertz CT molecular complexity index is 421. The van der Waals surface area contributed by atoms with Crippen molar-refractivity contribution in [1.82, 2.24) is 4.90 Å². The molecular formula is C13H19FN2O2. The van der Waals surface area contributed by atoms with Crippen molar-refractivity contribution in [1.29, 1.82) is 0 Å². The zero-order valence-electron chi connectivity index (χ0n) is 10.9. The van der Waals surface area contributed by atoms with Gasteiger partial charge in [0.15, 0.2) is 6.10 Å². The molecule has 1 aromatic rings. The molecule has 1 atom stereocenters. The van der Waals surface area contributed by atoms with E-state index in [2.05, 4.69) is 0 Å². The van der Waals surface area contributed by atoms with Gasteiger partial charge < -0.3 is 15.4 Å². The van der Waals surface area contributed by atoms with Gasteiger partial charge in [-0.05, 0) is 43.7 Å². The van der Waals surface area contributed by atoms with Crippen LogP contribution in [-0.2, 0) is 11.2 Å². The number of hydrogen-bond acceptors (Lipinski definition) is 3. The predicted octanol–water partition coefficient (Wildman–Crippen LogP) is 1.18. The Hall–Kier alpha value is -1.62. The molecule has 0 bridgehead atoms. The van der Waals surface area contributed by atoms with E-state index in [1.54, 1.807) is 21.0 Å². The number of rotatable bonds is 5. The van der Waals surface area contributed by atoms with Gasteiger partial charge in [0, 0.05) is 14.1 Å². The molecule has 0 aliphatic carbocycles. The molecular weight excluding hydrogens is 235 g/mol. The molecule has 0 aliphatic heterocycles. The summed E-state index contributed by atoms with van der Waals surface area (Å²) in [6.07, 6.45) is -0.0994. The number of likely N-dealkylation sites (N-methyl/N-ethyl adjacent to an activating group) is 1. The number of nitrogens with zero attached hydrogens (tertiary/aromatic N) is 1. The van der Waals surface area contributed by atoms with Crippen LogP contribution < -0.4 is 10.5 Å². The summed E-state index contributed by atoms with van der Waals surface area (Å²) < 4.78 is 18.7. The molecule has 0 saturated carbocycles. The van der Waals surface area contributed by atoms with Crippen LogP contribution in [0.2, 0.25) is 0 Å². The molecule has 0 fully saturated rings. The van der Waals surface area contributed by atoms with Crippen LogP contribution in [0.3, 0.4) is 0 Å². The molecule has 0 spiro atoms. The van der Waals surface area contributed by atoms with Crippen LogP contribution in [0.25, 0.3) is 0 Å². The fourth-order valence-corrected chi connectivity index (χ4v) is 1.62. The number of hydrogen-bond donors (Lipinski definition) is 1. The molecule has 1 aromatic carbocycles. The van der Waals surface area contributed by atoms with Crippen molar-refractivity contribution in [2.24, 2.45) is 5.73 Å². The monoisotopic (exact) mass is 254 g/mol. The maximum absolute atomic E-state index is 13.1. The number of halogens is 1. The number of carbonyl (C=O) groups is 1. The summed E-state index contributed by atoms with van der Waals surface area (Å²) in [5, 5.41) is 0. The molecule has 0 saturated heterocycles. The van der Waals surface area contributed by atoms with Crippen LogP contribution in [-0.4, -0.2) is 37.6 Å². The van der Waals surface area contributed by atoms with E-state index in [0.717, 1.165) is 0 Å². The standard InChI is InChI=1S/C13H19FN2O2/c1-9(13(17)16(2)3)18-12-5-4-11(14)8-10(12)6-7-15/h4-5,8-9H,6-7,15H2,1-3H3. The molecule has 0 aliphatic rings. The lowest BCUT2D eigenvalue weighted by atomic mass is 10.1. The average molecular weight is 254 g/mol. The molecule has 1 amide bonds. The van der Waals surface area contributed by atoms with Crippen LogP contribution in [0.4, 0.5) is 4.39 Å². The normalized spacial score (nSPS) is 12.1. The van der Waals surface area contributed by atoms with Crippen molar-refractivity contribution in [2.75, 3.05) is 20.6 Å². The van der Waals surface area contributed by atoms with Gasteiger partial charge in [0.25, 0.3) is 5.91 Å². The summed E-state index contributed by atoms with van der Waals surface area (Å²) in [7, 11) is 3.32. The highest BCUT2D eigenvalue weighted by atomic mass is 19.1. The van der Waals surface area contributed by atoms with Crippen molar-refractivity contribution in [3.05, 3.63) is 29.6 Å². The lowest BCUT2D eigenvalue weighted by Gasteiger charge is -2.20. The zero-order chi connectivity index (χ0) is 13.7. The van der Waals surface area contributed by atoms with Gasteiger partial charge in [0.1, 0.15) is 11.6 Å². The second-order valence-corrected chi connectivity index (χ2v) is 4.28. The summed E-state index contributed by atoms with van der Waals surface area (Å²) in [6.45, 7) is 2.06. The largest absolute Gasteiger partial charge is 0.481 e. The van der Waals surface area contributed by atoms with Crippen molar-refractivity contribution >= 4 is 5.91 Å². The van der Waals surface area contributed by atoms with Gasteiger partial charge >= 0.3 is 0 Å². The van der Waals surface area contributed by atoms with Crippen molar-refractivity contribution < 1.29 is 13.9 Å². The smallest absolute Gasteiger partial charge is 0.262 e. The minimum atomic E-state index is -0.609. The Morgan fingerprint density at radius 1 is 1.50 bits per heavy atom.